The molecule has 0 saturated carbocycles. The largest absolute Gasteiger partial charge is 0.103 e. The summed E-state index contributed by atoms with van der Waals surface area (Å²) in [5, 5.41) is 0.503. The molecule has 0 aliphatic rings. The zero-order chi connectivity index (χ0) is 7.33. The molecule has 0 rings (SSSR count). The van der Waals surface area contributed by atoms with Gasteiger partial charge in [0.1, 0.15) is 0 Å². The molecule has 0 aliphatic heterocycles. The maximum absolute atomic E-state index is 3.72. The van der Waals surface area contributed by atoms with E-state index in [9.17, 15) is 0 Å². The van der Waals surface area contributed by atoms with Crippen LogP contribution in [0.1, 0.15) is 19.8 Å². The molecule has 0 aliphatic carbocycles. The normalized spacial score (nSPS) is 11.2. The molecule has 9 heavy (non-hydrogen) atoms. The molecule has 0 unspecified atom stereocenters. The summed E-state index contributed by atoms with van der Waals surface area (Å²) in [5.74, 6) is 0. The van der Waals surface area contributed by atoms with E-state index in [4.69, 9.17) is 0 Å². The van der Waals surface area contributed by atoms with Gasteiger partial charge in [0.05, 0.1) is 0 Å². The smallest absolute Gasteiger partial charge is 0.0111 e. The van der Waals surface area contributed by atoms with Gasteiger partial charge in [-0.25, -0.2) is 0 Å². The summed E-state index contributed by atoms with van der Waals surface area (Å²) in [4.78, 5) is 0. The molecule has 0 amide bonds. The summed E-state index contributed by atoms with van der Waals surface area (Å²) in [6.07, 6.45) is 6.25. The van der Waals surface area contributed by atoms with Gasteiger partial charge in [0.25, 0.3) is 0 Å². The molecule has 0 N–H and O–H groups in total. The first-order valence-corrected chi connectivity index (χ1v) is 4.34. The fraction of sp³-hybridized carbons (Fsp3) is 0.500. The second kappa shape index (κ2) is 3.67. The highest BCUT2D eigenvalue weighted by Crippen LogP contribution is 2.29. The minimum absolute atomic E-state index is 0.503. The van der Waals surface area contributed by atoms with E-state index >= 15 is 0 Å². The van der Waals surface area contributed by atoms with E-state index in [0.717, 1.165) is 12.8 Å². The maximum Gasteiger partial charge on any atom is 0.0111 e. The molecule has 0 aromatic heterocycles. The summed E-state index contributed by atoms with van der Waals surface area (Å²) in [5.41, 5.74) is 0. The summed E-state index contributed by atoms with van der Waals surface area (Å²) in [7, 11) is 1.23. The molecule has 0 aromatic rings. The summed E-state index contributed by atoms with van der Waals surface area (Å²) in [6, 6.07) is 0. The van der Waals surface area contributed by atoms with Gasteiger partial charge in [-0.3, -0.25) is 0 Å². The van der Waals surface area contributed by atoms with Crippen molar-refractivity contribution in [2.75, 3.05) is 0 Å². The van der Waals surface area contributed by atoms with Crippen LogP contribution in [0.3, 0.4) is 0 Å². The fourth-order valence-electron chi connectivity index (χ4n) is 0.865. The van der Waals surface area contributed by atoms with E-state index in [-0.39, 0.29) is 0 Å². The summed E-state index contributed by atoms with van der Waals surface area (Å²) >= 11 is 0. The molecule has 0 fully saturated rings. The number of rotatable bonds is 4. The molecule has 0 heterocycles. The lowest BCUT2D eigenvalue weighted by Gasteiger charge is -2.19. The predicted octanol–water partition coefficient (Wildman–Crippen LogP) is 1.68. The highest BCUT2D eigenvalue weighted by molar-refractivity contribution is 6.15. The minimum Gasteiger partial charge on any atom is -0.103 e. The van der Waals surface area contributed by atoms with Crippen LogP contribution in [0.4, 0.5) is 0 Å². The average molecular weight is 140 g/mol. The Morgan fingerprint density at radius 1 is 1.33 bits per heavy atom. The molecule has 52 valence electrons. The van der Waals surface area contributed by atoms with Crippen LogP contribution in [0.15, 0.2) is 25.3 Å². The van der Waals surface area contributed by atoms with E-state index in [1.165, 1.54) is 10.2 Å². The molecule has 1 heteroatoms. The van der Waals surface area contributed by atoms with E-state index in [1.54, 1.807) is 0 Å². The third kappa shape index (κ3) is 4.22. The zero-order valence-electron chi connectivity index (χ0n) is 6.48. The van der Waals surface area contributed by atoms with Crippen LogP contribution in [0, 0.1) is 0 Å². The van der Waals surface area contributed by atoms with Crippen molar-refractivity contribution in [1.29, 1.82) is 0 Å². The molecular weight excluding hydrogens is 124 g/mol. The number of hydrogen-bond donors (Lipinski definition) is 0. The van der Waals surface area contributed by atoms with E-state index in [1.807, 2.05) is 12.2 Å². The SMILES string of the molecule is C=CCC(C)([SiH3])CC=C. The molecular formula is C8H16Si. The maximum atomic E-state index is 3.72. The Bertz CT molecular complexity index is 91.1. The topological polar surface area (TPSA) is 0 Å². The predicted molar refractivity (Wildman–Crippen MR) is 47.9 cm³/mol. The van der Waals surface area contributed by atoms with Crippen molar-refractivity contribution in [1.82, 2.24) is 0 Å². The van der Waals surface area contributed by atoms with Crippen molar-refractivity contribution >= 4 is 10.2 Å². The fourth-order valence-corrected chi connectivity index (χ4v) is 1.44. The van der Waals surface area contributed by atoms with E-state index in [2.05, 4.69) is 20.1 Å². The van der Waals surface area contributed by atoms with Crippen molar-refractivity contribution in [3.05, 3.63) is 25.3 Å². The van der Waals surface area contributed by atoms with Crippen molar-refractivity contribution < 1.29 is 0 Å². The first-order valence-electron chi connectivity index (χ1n) is 3.34. The number of allylic oxidation sites excluding steroid dienone is 2. The van der Waals surface area contributed by atoms with Gasteiger partial charge in [0.15, 0.2) is 0 Å². The quantitative estimate of drug-likeness (QED) is 0.412. The van der Waals surface area contributed by atoms with Gasteiger partial charge in [-0.05, 0) is 17.9 Å². The first-order chi connectivity index (χ1) is 4.12. The highest BCUT2D eigenvalue weighted by Gasteiger charge is 2.12. The van der Waals surface area contributed by atoms with Crippen LogP contribution < -0.4 is 0 Å². The van der Waals surface area contributed by atoms with Gasteiger partial charge in [0, 0.05) is 10.2 Å². The molecule has 0 atom stereocenters. The highest BCUT2D eigenvalue weighted by atomic mass is 28.1. The standard InChI is InChI=1S/C8H16Si/c1-4-6-8(3,9)7-5-2/h4-5H,1-2,6-7H2,3,9H3. The van der Waals surface area contributed by atoms with Crippen molar-refractivity contribution in [2.45, 2.75) is 24.8 Å². The van der Waals surface area contributed by atoms with Crippen LogP contribution in [0.5, 0.6) is 0 Å². The van der Waals surface area contributed by atoms with Gasteiger partial charge in [-0.15, -0.1) is 13.2 Å². The third-order valence-electron chi connectivity index (χ3n) is 1.39. The van der Waals surface area contributed by atoms with Crippen LogP contribution in [-0.4, -0.2) is 10.2 Å². The second-order valence-corrected chi connectivity index (χ2v) is 5.56. The molecule has 0 bridgehead atoms. The van der Waals surface area contributed by atoms with Gasteiger partial charge < -0.3 is 0 Å². The van der Waals surface area contributed by atoms with Gasteiger partial charge in [0.2, 0.25) is 0 Å². The molecule has 0 radical (unpaired) electrons. The molecule has 0 spiro atoms. The lowest BCUT2D eigenvalue weighted by atomic mass is 10.0. The Morgan fingerprint density at radius 2 is 1.67 bits per heavy atom. The Kier molecular flexibility index (Phi) is 3.55. The molecule has 0 nitrogen and oxygen atoms in total. The Labute approximate surface area is 61.1 Å². The van der Waals surface area contributed by atoms with Crippen LogP contribution in [-0.2, 0) is 0 Å². The van der Waals surface area contributed by atoms with Crippen LogP contribution in [0.25, 0.3) is 0 Å². The third-order valence-corrected chi connectivity index (χ3v) is 2.21. The minimum atomic E-state index is 0.503. The zero-order valence-corrected chi connectivity index (χ0v) is 8.48. The number of hydrogen-bond acceptors (Lipinski definition) is 0. The lowest BCUT2D eigenvalue weighted by molar-refractivity contribution is 0.633. The molecule has 0 aromatic carbocycles. The van der Waals surface area contributed by atoms with Gasteiger partial charge >= 0.3 is 0 Å². The Morgan fingerprint density at radius 3 is 1.89 bits per heavy atom. The van der Waals surface area contributed by atoms with Gasteiger partial charge in [-0.2, -0.15) is 0 Å². The van der Waals surface area contributed by atoms with Crippen LogP contribution in [0.2, 0.25) is 5.04 Å². The van der Waals surface area contributed by atoms with Crippen molar-refractivity contribution in [3.8, 4) is 0 Å². The van der Waals surface area contributed by atoms with Gasteiger partial charge in [-0.1, -0.05) is 19.1 Å². The Hall–Kier alpha value is -0.303. The first kappa shape index (κ1) is 8.70. The monoisotopic (exact) mass is 140 g/mol. The molecule has 0 saturated heterocycles. The average Bonchev–Trinajstić information content (AvgIpc) is 1.64. The Balaban J connectivity index is 3.68. The van der Waals surface area contributed by atoms with Crippen molar-refractivity contribution in [2.24, 2.45) is 0 Å². The summed E-state index contributed by atoms with van der Waals surface area (Å²) in [6.45, 7) is 9.71. The van der Waals surface area contributed by atoms with Crippen LogP contribution >= 0.6 is 0 Å². The summed E-state index contributed by atoms with van der Waals surface area (Å²) < 4.78 is 0. The van der Waals surface area contributed by atoms with Crippen molar-refractivity contribution in [3.63, 3.8) is 0 Å². The lowest BCUT2D eigenvalue weighted by Crippen LogP contribution is -2.04. The van der Waals surface area contributed by atoms with E-state index in [0.29, 0.717) is 5.04 Å². The second-order valence-electron chi connectivity index (χ2n) is 3.15. The van der Waals surface area contributed by atoms with E-state index < -0.39 is 0 Å².